The molecule has 104 valence electrons. The number of carbonyl (C=O) groups is 1. The van der Waals surface area contributed by atoms with Gasteiger partial charge in [-0.3, -0.25) is 4.79 Å². The van der Waals surface area contributed by atoms with Gasteiger partial charge in [0.05, 0.1) is 0 Å². The number of carbonyl (C=O) groups excluding carboxylic acids is 1. The summed E-state index contributed by atoms with van der Waals surface area (Å²) in [6.45, 7) is 1.91. The number of hydrogen-bond donors (Lipinski definition) is 0. The van der Waals surface area contributed by atoms with Crippen molar-refractivity contribution in [3.63, 3.8) is 0 Å². The SMILES string of the molecule is CCSC(=O)C(C#N)=C(c1ccccc1)c1ccccc1. The molecule has 0 aliphatic carbocycles. The van der Waals surface area contributed by atoms with E-state index in [1.165, 1.54) is 0 Å². The molecular formula is C18H15NOS. The summed E-state index contributed by atoms with van der Waals surface area (Å²) in [4.78, 5) is 12.2. The average molecular weight is 293 g/mol. The topological polar surface area (TPSA) is 40.9 Å². The highest BCUT2D eigenvalue weighted by molar-refractivity contribution is 8.14. The molecule has 0 aromatic heterocycles. The largest absolute Gasteiger partial charge is 0.281 e. The number of nitrogens with zero attached hydrogens (tertiary/aromatic N) is 1. The first-order valence-electron chi connectivity index (χ1n) is 6.70. The Morgan fingerprint density at radius 3 is 1.86 bits per heavy atom. The van der Waals surface area contributed by atoms with E-state index in [9.17, 15) is 10.1 Å². The maximum absolute atomic E-state index is 12.2. The predicted octanol–water partition coefficient (Wildman–Crippen LogP) is 4.29. The fourth-order valence-electron chi connectivity index (χ4n) is 2.07. The van der Waals surface area contributed by atoms with Gasteiger partial charge in [0.2, 0.25) is 5.12 Å². The Morgan fingerprint density at radius 2 is 1.48 bits per heavy atom. The zero-order valence-corrected chi connectivity index (χ0v) is 12.6. The number of nitriles is 1. The third-order valence-electron chi connectivity index (χ3n) is 2.97. The van der Waals surface area contributed by atoms with Crippen LogP contribution in [0.25, 0.3) is 5.57 Å². The summed E-state index contributed by atoms with van der Waals surface area (Å²) >= 11 is 1.16. The van der Waals surface area contributed by atoms with Crippen LogP contribution in [0.3, 0.4) is 0 Å². The molecule has 3 heteroatoms. The quantitative estimate of drug-likeness (QED) is 0.623. The maximum Gasteiger partial charge on any atom is 0.230 e. The van der Waals surface area contributed by atoms with Gasteiger partial charge < -0.3 is 0 Å². The van der Waals surface area contributed by atoms with Crippen LogP contribution in [0, 0.1) is 11.3 Å². The van der Waals surface area contributed by atoms with Crippen molar-refractivity contribution in [2.75, 3.05) is 5.75 Å². The van der Waals surface area contributed by atoms with Crippen LogP contribution < -0.4 is 0 Å². The van der Waals surface area contributed by atoms with Crippen molar-refractivity contribution in [3.05, 3.63) is 77.4 Å². The Balaban J connectivity index is 2.66. The molecule has 21 heavy (non-hydrogen) atoms. The minimum atomic E-state index is -0.178. The number of hydrogen-bond acceptors (Lipinski definition) is 3. The summed E-state index contributed by atoms with van der Waals surface area (Å²) in [6, 6.07) is 21.2. The zero-order chi connectivity index (χ0) is 15.1. The number of thioether (sulfide) groups is 1. The second-order valence-corrected chi connectivity index (χ2v) is 5.55. The molecule has 0 aliphatic heterocycles. The summed E-state index contributed by atoms with van der Waals surface area (Å²) in [7, 11) is 0. The summed E-state index contributed by atoms with van der Waals surface area (Å²) in [5.74, 6) is 0.654. The van der Waals surface area contributed by atoms with Crippen molar-refractivity contribution in [2.45, 2.75) is 6.92 Å². The Morgan fingerprint density at radius 1 is 1.00 bits per heavy atom. The molecule has 0 spiro atoms. The molecule has 0 N–H and O–H groups in total. The van der Waals surface area contributed by atoms with Gasteiger partial charge in [0.25, 0.3) is 0 Å². The predicted molar refractivity (Wildman–Crippen MR) is 87.7 cm³/mol. The van der Waals surface area contributed by atoms with Crippen LogP contribution in [-0.4, -0.2) is 10.9 Å². The van der Waals surface area contributed by atoms with Gasteiger partial charge >= 0.3 is 0 Å². The average Bonchev–Trinajstić information content (AvgIpc) is 2.54. The van der Waals surface area contributed by atoms with Crippen molar-refractivity contribution < 1.29 is 4.79 Å². The van der Waals surface area contributed by atoms with Crippen LogP contribution >= 0.6 is 11.8 Å². The van der Waals surface area contributed by atoms with Crippen LogP contribution in [0.4, 0.5) is 0 Å². The standard InChI is InChI=1S/C18H15NOS/c1-2-21-18(20)16(13-19)17(14-9-5-3-6-10-14)15-11-7-4-8-12-15/h3-12H,2H2,1H3. The van der Waals surface area contributed by atoms with Crippen LogP contribution in [0.2, 0.25) is 0 Å². The molecule has 0 bridgehead atoms. The molecule has 0 saturated heterocycles. The summed E-state index contributed by atoms with van der Waals surface area (Å²) in [5.41, 5.74) is 2.67. The van der Waals surface area contributed by atoms with E-state index in [1.807, 2.05) is 67.6 Å². The lowest BCUT2D eigenvalue weighted by Gasteiger charge is -2.10. The second kappa shape index (κ2) is 7.47. The molecule has 2 aromatic carbocycles. The third-order valence-corrected chi connectivity index (χ3v) is 3.72. The van der Waals surface area contributed by atoms with E-state index < -0.39 is 0 Å². The highest BCUT2D eigenvalue weighted by atomic mass is 32.2. The van der Waals surface area contributed by atoms with E-state index in [0.717, 1.165) is 22.9 Å². The first kappa shape index (κ1) is 15.1. The van der Waals surface area contributed by atoms with Gasteiger partial charge in [0, 0.05) is 5.57 Å². The maximum atomic E-state index is 12.2. The van der Waals surface area contributed by atoms with Crippen LogP contribution in [-0.2, 0) is 4.79 Å². The van der Waals surface area contributed by atoms with E-state index in [1.54, 1.807) is 0 Å². The fraction of sp³-hybridized carbons (Fsp3) is 0.111. The molecule has 2 rings (SSSR count). The Labute approximate surface area is 129 Å². The lowest BCUT2D eigenvalue weighted by molar-refractivity contribution is -0.107. The van der Waals surface area contributed by atoms with Gasteiger partial charge in [-0.2, -0.15) is 5.26 Å². The summed E-state index contributed by atoms with van der Waals surface area (Å²) in [5, 5.41) is 9.30. The second-order valence-electron chi connectivity index (χ2n) is 4.31. The Kier molecular flexibility index (Phi) is 5.36. The summed E-state index contributed by atoms with van der Waals surface area (Å²) < 4.78 is 0. The van der Waals surface area contributed by atoms with Gasteiger partial charge in [-0.15, -0.1) is 0 Å². The van der Waals surface area contributed by atoms with E-state index in [4.69, 9.17) is 0 Å². The molecule has 0 aliphatic rings. The summed E-state index contributed by atoms with van der Waals surface area (Å²) in [6.07, 6.45) is 0. The number of rotatable bonds is 4. The Hall–Kier alpha value is -2.31. The molecule has 0 fully saturated rings. The molecule has 0 saturated carbocycles. The van der Waals surface area contributed by atoms with E-state index in [0.29, 0.717) is 11.3 Å². The van der Waals surface area contributed by atoms with Gasteiger partial charge in [0.1, 0.15) is 11.6 Å². The van der Waals surface area contributed by atoms with Crippen LogP contribution in [0.5, 0.6) is 0 Å². The molecular weight excluding hydrogens is 278 g/mol. The van der Waals surface area contributed by atoms with E-state index in [2.05, 4.69) is 6.07 Å². The highest BCUT2D eigenvalue weighted by Crippen LogP contribution is 2.29. The lowest BCUT2D eigenvalue weighted by atomic mass is 9.94. The van der Waals surface area contributed by atoms with Crippen LogP contribution in [0.15, 0.2) is 66.2 Å². The fourth-order valence-corrected chi connectivity index (χ4v) is 2.63. The molecule has 0 unspecified atom stereocenters. The first-order chi connectivity index (χ1) is 10.3. The van der Waals surface area contributed by atoms with E-state index in [-0.39, 0.29) is 10.7 Å². The minimum Gasteiger partial charge on any atom is -0.281 e. The molecule has 0 heterocycles. The Bertz CT molecular complexity index is 643. The van der Waals surface area contributed by atoms with Crippen molar-refractivity contribution in [2.24, 2.45) is 0 Å². The molecule has 0 radical (unpaired) electrons. The first-order valence-corrected chi connectivity index (χ1v) is 7.68. The zero-order valence-electron chi connectivity index (χ0n) is 11.7. The molecule has 2 aromatic rings. The van der Waals surface area contributed by atoms with Crippen LogP contribution in [0.1, 0.15) is 18.1 Å². The molecule has 0 atom stereocenters. The highest BCUT2D eigenvalue weighted by Gasteiger charge is 2.18. The van der Waals surface area contributed by atoms with Gasteiger partial charge in [-0.05, 0) is 16.9 Å². The molecule has 2 nitrogen and oxygen atoms in total. The smallest absolute Gasteiger partial charge is 0.230 e. The minimum absolute atomic E-state index is 0.178. The van der Waals surface area contributed by atoms with Crippen molar-refractivity contribution in [1.29, 1.82) is 5.26 Å². The number of benzene rings is 2. The van der Waals surface area contributed by atoms with E-state index >= 15 is 0 Å². The van der Waals surface area contributed by atoms with Gasteiger partial charge in [0.15, 0.2) is 0 Å². The van der Waals surface area contributed by atoms with Crippen molar-refractivity contribution in [3.8, 4) is 6.07 Å². The van der Waals surface area contributed by atoms with Crippen molar-refractivity contribution in [1.82, 2.24) is 0 Å². The molecule has 0 amide bonds. The monoisotopic (exact) mass is 293 g/mol. The lowest BCUT2D eigenvalue weighted by Crippen LogP contribution is -2.02. The van der Waals surface area contributed by atoms with Gasteiger partial charge in [-0.1, -0.05) is 79.3 Å². The van der Waals surface area contributed by atoms with Crippen molar-refractivity contribution >= 4 is 22.5 Å². The normalized spacial score (nSPS) is 9.71. The van der Waals surface area contributed by atoms with Gasteiger partial charge in [-0.25, -0.2) is 0 Å². The third kappa shape index (κ3) is 3.62.